The number of sulfone groups is 1. The van der Waals surface area contributed by atoms with E-state index in [1.807, 2.05) is 13.0 Å². The fourth-order valence-electron chi connectivity index (χ4n) is 2.00. The third-order valence-electron chi connectivity index (χ3n) is 3.11. The van der Waals surface area contributed by atoms with Gasteiger partial charge in [0.1, 0.15) is 12.2 Å². The van der Waals surface area contributed by atoms with Gasteiger partial charge in [-0.25, -0.2) is 13.4 Å². The number of hydrogen-bond acceptors (Lipinski definition) is 5. The van der Waals surface area contributed by atoms with E-state index in [1.54, 1.807) is 22.9 Å². The van der Waals surface area contributed by atoms with Gasteiger partial charge in [0.25, 0.3) is 0 Å². The van der Waals surface area contributed by atoms with Crippen LogP contribution in [0.15, 0.2) is 35.5 Å². The molecule has 0 amide bonds. The van der Waals surface area contributed by atoms with Gasteiger partial charge < -0.3 is 5.73 Å². The highest BCUT2D eigenvalue weighted by molar-refractivity contribution is 7.90. The van der Waals surface area contributed by atoms with E-state index in [0.29, 0.717) is 6.42 Å². The Labute approximate surface area is 118 Å². The molecular weight excluding hydrogens is 276 g/mol. The standard InChI is InChI=1S/C13H18N4O2S/c1-3-17-13(15-9-16-17)8-12(14)10-5-4-6-11(7-10)20(2,18)19/h4-7,9,12H,3,8,14H2,1-2H3. The van der Waals surface area contributed by atoms with Gasteiger partial charge in [-0.1, -0.05) is 12.1 Å². The van der Waals surface area contributed by atoms with Crippen molar-refractivity contribution >= 4 is 9.84 Å². The molecular formula is C13H18N4O2S. The monoisotopic (exact) mass is 294 g/mol. The molecule has 0 saturated heterocycles. The third kappa shape index (κ3) is 3.23. The van der Waals surface area contributed by atoms with Crippen molar-refractivity contribution in [2.24, 2.45) is 5.73 Å². The Morgan fingerprint density at radius 2 is 2.15 bits per heavy atom. The summed E-state index contributed by atoms with van der Waals surface area (Å²) in [5.74, 6) is 0.796. The molecule has 108 valence electrons. The topological polar surface area (TPSA) is 90.9 Å². The van der Waals surface area contributed by atoms with E-state index in [9.17, 15) is 8.42 Å². The van der Waals surface area contributed by atoms with Crippen molar-refractivity contribution < 1.29 is 8.42 Å². The maximum Gasteiger partial charge on any atom is 0.175 e. The summed E-state index contributed by atoms with van der Waals surface area (Å²) in [6, 6.07) is 6.40. The summed E-state index contributed by atoms with van der Waals surface area (Å²) in [5.41, 5.74) is 6.92. The maximum atomic E-state index is 11.6. The quantitative estimate of drug-likeness (QED) is 0.886. The van der Waals surface area contributed by atoms with Crippen LogP contribution in [0.3, 0.4) is 0 Å². The first-order valence-electron chi connectivity index (χ1n) is 6.34. The van der Waals surface area contributed by atoms with Crippen LogP contribution in [0.2, 0.25) is 0 Å². The van der Waals surface area contributed by atoms with Crippen LogP contribution in [-0.2, 0) is 22.8 Å². The molecule has 0 bridgehead atoms. The predicted molar refractivity (Wildman–Crippen MR) is 75.9 cm³/mol. The fourth-order valence-corrected chi connectivity index (χ4v) is 2.68. The Morgan fingerprint density at radius 3 is 2.80 bits per heavy atom. The molecule has 1 atom stereocenters. The van der Waals surface area contributed by atoms with Crippen molar-refractivity contribution in [1.29, 1.82) is 0 Å². The second-order valence-electron chi connectivity index (χ2n) is 4.65. The largest absolute Gasteiger partial charge is 0.324 e. The first-order chi connectivity index (χ1) is 9.41. The normalized spacial score (nSPS) is 13.3. The van der Waals surface area contributed by atoms with E-state index in [2.05, 4.69) is 10.1 Å². The molecule has 0 aliphatic heterocycles. The minimum absolute atomic E-state index is 0.280. The number of aryl methyl sites for hydroxylation is 1. The molecule has 0 aliphatic rings. The van der Waals surface area contributed by atoms with Crippen LogP contribution in [0.4, 0.5) is 0 Å². The van der Waals surface area contributed by atoms with Crippen molar-refractivity contribution in [1.82, 2.24) is 14.8 Å². The van der Waals surface area contributed by atoms with Crippen LogP contribution in [0.25, 0.3) is 0 Å². The zero-order valence-corrected chi connectivity index (χ0v) is 12.3. The summed E-state index contributed by atoms with van der Waals surface area (Å²) >= 11 is 0. The van der Waals surface area contributed by atoms with Crippen LogP contribution in [0.1, 0.15) is 24.4 Å². The molecule has 1 aromatic carbocycles. The molecule has 0 radical (unpaired) electrons. The van der Waals surface area contributed by atoms with Crippen LogP contribution < -0.4 is 5.73 Å². The van der Waals surface area contributed by atoms with E-state index in [1.165, 1.54) is 12.6 Å². The van der Waals surface area contributed by atoms with Gasteiger partial charge in [0.05, 0.1) is 4.90 Å². The average molecular weight is 294 g/mol. The minimum Gasteiger partial charge on any atom is -0.324 e. The zero-order chi connectivity index (χ0) is 14.8. The number of nitrogens with zero attached hydrogens (tertiary/aromatic N) is 3. The highest BCUT2D eigenvalue weighted by Crippen LogP contribution is 2.18. The molecule has 0 saturated carbocycles. The van der Waals surface area contributed by atoms with Crippen molar-refractivity contribution in [2.75, 3.05) is 6.26 Å². The molecule has 1 heterocycles. The van der Waals surface area contributed by atoms with Gasteiger partial charge in [-0.3, -0.25) is 4.68 Å². The molecule has 7 heteroatoms. The van der Waals surface area contributed by atoms with Crippen LogP contribution in [0, 0.1) is 0 Å². The summed E-state index contributed by atoms with van der Waals surface area (Å²) in [4.78, 5) is 4.46. The lowest BCUT2D eigenvalue weighted by atomic mass is 10.0. The van der Waals surface area contributed by atoms with Crippen molar-refractivity contribution in [3.8, 4) is 0 Å². The van der Waals surface area contributed by atoms with E-state index >= 15 is 0 Å². The second-order valence-corrected chi connectivity index (χ2v) is 6.66. The van der Waals surface area contributed by atoms with Gasteiger partial charge in [0.2, 0.25) is 0 Å². The molecule has 0 aliphatic carbocycles. The van der Waals surface area contributed by atoms with Gasteiger partial charge in [-0.2, -0.15) is 5.10 Å². The van der Waals surface area contributed by atoms with E-state index < -0.39 is 9.84 Å². The summed E-state index contributed by atoms with van der Waals surface area (Å²) < 4.78 is 24.9. The van der Waals surface area contributed by atoms with Gasteiger partial charge in [-0.05, 0) is 24.6 Å². The Kier molecular flexibility index (Phi) is 4.20. The van der Waals surface area contributed by atoms with Crippen LogP contribution in [0.5, 0.6) is 0 Å². The Bertz CT molecular complexity index is 694. The van der Waals surface area contributed by atoms with Crippen molar-refractivity contribution in [2.45, 2.75) is 30.8 Å². The average Bonchev–Trinajstić information content (AvgIpc) is 2.85. The number of benzene rings is 1. The fraction of sp³-hybridized carbons (Fsp3) is 0.385. The van der Waals surface area contributed by atoms with Crippen LogP contribution in [-0.4, -0.2) is 29.4 Å². The van der Waals surface area contributed by atoms with Crippen LogP contribution >= 0.6 is 0 Å². The van der Waals surface area contributed by atoms with E-state index in [0.717, 1.165) is 17.9 Å². The number of hydrogen-bond donors (Lipinski definition) is 1. The molecule has 2 N–H and O–H groups in total. The molecule has 2 rings (SSSR count). The summed E-state index contributed by atoms with van der Waals surface area (Å²) in [6.07, 6.45) is 3.20. The minimum atomic E-state index is -3.22. The molecule has 0 spiro atoms. The Balaban J connectivity index is 2.24. The smallest absolute Gasteiger partial charge is 0.175 e. The van der Waals surface area contributed by atoms with Gasteiger partial charge in [-0.15, -0.1) is 0 Å². The summed E-state index contributed by atoms with van der Waals surface area (Å²) in [5, 5.41) is 4.09. The zero-order valence-electron chi connectivity index (χ0n) is 11.5. The van der Waals surface area contributed by atoms with Crippen molar-refractivity contribution in [3.05, 3.63) is 42.0 Å². The highest BCUT2D eigenvalue weighted by atomic mass is 32.2. The first kappa shape index (κ1) is 14.7. The third-order valence-corrected chi connectivity index (χ3v) is 4.22. The SMILES string of the molecule is CCn1ncnc1CC(N)c1cccc(S(C)(=O)=O)c1. The predicted octanol–water partition coefficient (Wildman–Crippen LogP) is 0.944. The van der Waals surface area contributed by atoms with Gasteiger partial charge in [0, 0.05) is 25.3 Å². The lowest BCUT2D eigenvalue weighted by Crippen LogP contribution is -2.17. The van der Waals surface area contributed by atoms with Gasteiger partial charge in [0.15, 0.2) is 9.84 Å². The number of aromatic nitrogens is 3. The maximum absolute atomic E-state index is 11.6. The van der Waals surface area contributed by atoms with Crippen molar-refractivity contribution in [3.63, 3.8) is 0 Å². The number of rotatable bonds is 5. The molecule has 20 heavy (non-hydrogen) atoms. The molecule has 1 unspecified atom stereocenters. The highest BCUT2D eigenvalue weighted by Gasteiger charge is 2.14. The lowest BCUT2D eigenvalue weighted by molar-refractivity contribution is 0.580. The second kappa shape index (κ2) is 5.72. The first-order valence-corrected chi connectivity index (χ1v) is 8.23. The van der Waals surface area contributed by atoms with E-state index in [-0.39, 0.29) is 10.9 Å². The Hall–Kier alpha value is -1.73. The Morgan fingerprint density at radius 1 is 1.40 bits per heavy atom. The number of nitrogens with two attached hydrogens (primary N) is 1. The molecule has 1 aromatic heterocycles. The van der Waals surface area contributed by atoms with Gasteiger partial charge >= 0.3 is 0 Å². The van der Waals surface area contributed by atoms with E-state index in [4.69, 9.17) is 5.73 Å². The lowest BCUT2D eigenvalue weighted by Gasteiger charge is -2.13. The summed E-state index contributed by atoms with van der Waals surface area (Å²) in [6.45, 7) is 2.71. The summed E-state index contributed by atoms with van der Waals surface area (Å²) in [7, 11) is -3.22. The molecule has 0 fully saturated rings. The molecule has 2 aromatic rings. The molecule has 6 nitrogen and oxygen atoms in total.